The van der Waals surface area contributed by atoms with Gasteiger partial charge in [0.15, 0.2) is 5.78 Å². The van der Waals surface area contributed by atoms with E-state index in [1.54, 1.807) is 0 Å². The zero-order valence-electron chi connectivity index (χ0n) is 12.7. The molecule has 1 atom stereocenters. The van der Waals surface area contributed by atoms with Crippen LogP contribution < -0.4 is 5.32 Å². The van der Waals surface area contributed by atoms with Crippen molar-refractivity contribution in [3.05, 3.63) is 35.4 Å². The third kappa shape index (κ3) is 2.44. The third-order valence-corrected chi connectivity index (χ3v) is 5.97. The molecule has 21 heavy (non-hydrogen) atoms. The predicted octanol–water partition coefficient (Wildman–Crippen LogP) is 3.92. The number of nitrogens with one attached hydrogen (secondary N) is 1. The first kappa shape index (κ1) is 13.5. The van der Waals surface area contributed by atoms with E-state index < -0.39 is 0 Å². The number of ketones is 1. The highest BCUT2D eigenvalue weighted by molar-refractivity contribution is 6.02. The van der Waals surface area contributed by atoms with Gasteiger partial charge in [-0.15, -0.1) is 0 Å². The van der Waals surface area contributed by atoms with Crippen LogP contribution in [0, 0.1) is 11.3 Å². The van der Waals surface area contributed by atoms with E-state index in [-0.39, 0.29) is 5.41 Å². The van der Waals surface area contributed by atoms with E-state index in [2.05, 4.69) is 23.5 Å². The quantitative estimate of drug-likeness (QED) is 0.891. The molecule has 0 radical (unpaired) electrons. The minimum atomic E-state index is -0.0698. The monoisotopic (exact) mass is 283 g/mol. The van der Waals surface area contributed by atoms with Crippen molar-refractivity contribution in [2.24, 2.45) is 11.3 Å². The Hall–Kier alpha value is -1.15. The van der Waals surface area contributed by atoms with Crippen molar-refractivity contribution in [1.29, 1.82) is 0 Å². The van der Waals surface area contributed by atoms with Crippen LogP contribution in [0.1, 0.15) is 66.8 Å². The first-order valence-electron chi connectivity index (χ1n) is 8.63. The molecule has 1 saturated heterocycles. The zero-order chi connectivity index (χ0) is 14.3. The number of hydrogen-bond donors (Lipinski definition) is 1. The molecule has 0 amide bonds. The minimum Gasteiger partial charge on any atom is -0.317 e. The van der Waals surface area contributed by atoms with Crippen molar-refractivity contribution < 1.29 is 4.79 Å². The Bertz CT molecular complexity index is 540. The van der Waals surface area contributed by atoms with Gasteiger partial charge in [0, 0.05) is 11.0 Å². The van der Waals surface area contributed by atoms with Gasteiger partial charge in [0.25, 0.3) is 0 Å². The lowest BCUT2D eigenvalue weighted by molar-refractivity contribution is 0.0708. The summed E-state index contributed by atoms with van der Waals surface area (Å²) in [5.41, 5.74) is 2.33. The molecule has 3 aliphatic rings. The molecule has 0 aromatic heterocycles. The average molecular weight is 283 g/mol. The molecule has 2 aliphatic carbocycles. The van der Waals surface area contributed by atoms with Crippen LogP contribution in [0.5, 0.6) is 0 Å². The van der Waals surface area contributed by atoms with Crippen molar-refractivity contribution >= 4 is 5.78 Å². The van der Waals surface area contributed by atoms with Gasteiger partial charge < -0.3 is 5.32 Å². The topological polar surface area (TPSA) is 29.1 Å². The van der Waals surface area contributed by atoms with Crippen LogP contribution in [0.2, 0.25) is 0 Å². The van der Waals surface area contributed by atoms with Crippen molar-refractivity contribution in [3.63, 3.8) is 0 Å². The highest BCUT2D eigenvalue weighted by Gasteiger charge is 2.43. The van der Waals surface area contributed by atoms with Crippen LogP contribution in [0.3, 0.4) is 0 Å². The molecule has 2 heteroatoms. The van der Waals surface area contributed by atoms with Gasteiger partial charge >= 0.3 is 0 Å². The van der Waals surface area contributed by atoms with E-state index >= 15 is 0 Å². The second-order valence-electron chi connectivity index (χ2n) is 7.36. The maximum atomic E-state index is 13.2. The summed E-state index contributed by atoms with van der Waals surface area (Å²) in [5.74, 6) is 1.99. The number of carbonyl (C=O) groups is 1. The zero-order valence-corrected chi connectivity index (χ0v) is 12.7. The fourth-order valence-corrected chi connectivity index (χ4v) is 4.45. The van der Waals surface area contributed by atoms with E-state index in [4.69, 9.17) is 0 Å². The average Bonchev–Trinajstić information content (AvgIpc) is 3.36. The van der Waals surface area contributed by atoms with Gasteiger partial charge in [0.1, 0.15) is 0 Å². The van der Waals surface area contributed by atoms with Gasteiger partial charge in [0.05, 0.1) is 0 Å². The fourth-order valence-electron chi connectivity index (χ4n) is 4.45. The summed E-state index contributed by atoms with van der Waals surface area (Å²) in [4.78, 5) is 13.2. The summed E-state index contributed by atoms with van der Waals surface area (Å²) in [7, 11) is 0. The van der Waals surface area contributed by atoms with Crippen molar-refractivity contribution in [2.45, 2.75) is 50.9 Å². The van der Waals surface area contributed by atoms with Gasteiger partial charge in [0.2, 0.25) is 0 Å². The number of Topliss-reactive ketones (excluding diaryl/α,β-unsaturated/α-hetero) is 1. The number of piperidine rings is 1. The molecular formula is C19H25NO. The highest BCUT2D eigenvalue weighted by atomic mass is 16.1. The first-order valence-corrected chi connectivity index (χ1v) is 8.63. The number of carbonyl (C=O) groups excluding carboxylic acids is 1. The lowest BCUT2D eigenvalue weighted by atomic mass is 9.71. The summed E-state index contributed by atoms with van der Waals surface area (Å²) in [6, 6.07) is 8.48. The Morgan fingerprint density at radius 3 is 2.57 bits per heavy atom. The van der Waals surface area contributed by atoms with Gasteiger partial charge in [-0.3, -0.25) is 4.79 Å². The van der Waals surface area contributed by atoms with Crippen LogP contribution in [-0.4, -0.2) is 18.9 Å². The minimum absolute atomic E-state index is 0.0698. The van der Waals surface area contributed by atoms with Crippen molar-refractivity contribution in [1.82, 2.24) is 5.32 Å². The molecule has 1 aromatic rings. The molecule has 1 N–H and O–H groups in total. The second kappa shape index (κ2) is 5.24. The Labute approximate surface area is 127 Å². The van der Waals surface area contributed by atoms with Crippen LogP contribution in [0.4, 0.5) is 0 Å². The van der Waals surface area contributed by atoms with Gasteiger partial charge in [-0.05, 0) is 62.6 Å². The van der Waals surface area contributed by atoms with Crippen LogP contribution in [0.15, 0.2) is 24.3 Å². The maximum Gasteiger partial charge on any atom is 0.169 e. The molecule has 1 heterocycles. The van der Waals surface area contributed by atoms with E-state index in [9.17, 15) is 4.79 Å². The van der Waals surface area contributed by atoms with E-state index in [0.717, 1.165) is 43.8 Å². The van der Waals surface area contributed by atoms with Gasteiger partial charge in [-0.25, -0.2) is 0 Å². The first-order chi connectivity index (χ1) is 10.3. The Kier molecular flexibility index (Phi) is 3.37. The molecule has 1 unspecified atom stereocenters. The number of fused-ring (bicyclic) bond motifs is 1. The molecule has 112 valence electrons. The SMILES string of the molecule is O=C1c2ccccc2C(CC2CC2)CCC12CCNCC2. The lowest BCUT2D eigenvalue weighted by Gasteiger charge is -2.35. The van der Waals surface area contributed by atoms with Crippen LogP contribution >= 0.6 is 0 Å². The van der Waals surface area contributed by atoms with Crippen LogP contribution in [-0.2, 0) is 0 Å². The summed E-state index contributed by atoms with van der Waals surface area (Å²) in [6.45, 7) is 2.00. The second-order valence-corrected chi connectivity index (χ2v) is 7.36. The normalized spacial score (nSPS) is 28.2. The Balaban J connectivity index is 1.71. The summed E-state index contributed by atoms with van der Waals surface area (Å²) >= 11 is 0. The fraction of sp³-hybridized carbons (Fsp3) is 0.632. The molecule has 4 rings (SSSR count). The molecule has 2 fully saturated rings. The van der Waals surface area contributed by atoms with Gasteiger partial charge in [-0.2, -0.15) is 0 Å². The van der Waals surface area contributed by atoms with E-state index in [1.165, 1.54) is 31.2 Å². The molecule has 1 saturated carbocycles. The lowest BCUT2D eigenvalue weighted by Crippen LogP contribution is -2.41. The molecule has 1 aliphatic heterocycles. The maximum absolute atomic E-state index is 13.2. The smallest absolute Gasteiger partial charge is 0.169 e. The van der Waals surface area contributed by atoms with E-state index in [0.29, 0.717) is 11.7 Å². The number of hydrogen-bond acceptors (Lipinski definition) is 2. The van der Waals surface area contributed by atoms with Crippen LogP contribution in [0.25, 0.3) is 0 Å². The summed E-state index contributed by atoms with van der Waals surface area (Å²) in [5, 5.41) is 3.42. The standard InChI is InChI=1S/C19H25NO/c21-18-17-4-2-1-3-16(17)15(13-14-5-6-14)7-8-19(18)9-11-20-12-10-19/h1-4,14-15,20H,5-13H2. The third-order valence-electron chi connectivity index (χ3n) is 5.97. The molecule has 2 nitrogen and oxygen atoms in total. The number of rotatable bonds is 2. The summed E-state index contributed by atoms with van der Waals surface area (Å²) < 4.78 is 0. The van der Waals surface area contributed by atoms with E-state index in [1.807, 2.05) is 6.07 Å². The van der Waals surface area contributed by atoms with Gasteiger partial charge in [-0.1, -0.05) is 37.1 Å². The highest BCUT2D eigenvalue weighted by Crippen LogP contribution is 2.48. The van der Waals surface area contributed by atoms with Crippen molar-refractivity contribution in [2.75, 3.05) is 13.1 Å². The number of benzene rings is 1. The molecule has 1 spiro atoms. The Morgan fingerprint density at radius 1 is 1.05 bits per heavy atom. The molecule has 1 aromatic carbocycles. The predicted molar refractivity (Wildman–Crippen MR) is 84.6 cm³/mol. The Morgan fingerprint density at radius 2 is 1.81 bits per heavy atom. The largest absolute Gasteiger partial charge is 0.317 e. The molecule has 0 bridgehead atoms. The van der Waals surface area contributed by atoms with Crippen molar-refractivity contribution in [3.8, 4) is 0 Å². The summed E-state index contributed by atoms with van der Waals surface area (Å²) in [6.07, 6.45) is 8.47. The molecular weight excluding hydrogens is 258 g/mol.